The van der Waals surface area contributed by atoms with Crippen molar-refractivity contribution in [2.45, 2.75) is 27.4 Å². The number of nitrogens with zero attached hydrogens (tertiary/aromatic N) is 1. The first-order chi connectivity index (χ1) is 15.3. The molecule has 162 valence electrons. The Kier molecular flexibility index (Phi) is 8.32. The van der Waals surface area contributed by atoms with E-state index in [0.717, 1.165) is 35.1 Å². The first-order valence-corrected chi connectivity index (χ1v) is 12.1. The van der Waals surface area contributed by atoms with Crippen molar-refractivity contribution in [2.75, 3.05) is 5.32 Å². The Labute approximate surface area is 216 Å². The SMILES string of the molecule is Cc1cccc(COc2c(I)cc(/C=C(\C#N)C(=O)Nc3cccc(C)c3C)cc2I)c1. The van der Waals surface area contributed by atoms with Gasteiger partial charge in [0.15, 0.2) is 0 Å². The number of rotatable bonds is 6. The van der Waals surface area contributed by atoms with E-state index in [9.17, 15) is 10.1 Å². The molecule has 0 heterocycles. The number of aryl methyl sites for hydroxylation is 2. The minimum absolute atomic E-state index is 0.0472. The average Bonchev–Trinajstić information content (AvgIpc) is 2.74. The highest BCUT2D eigenvalue weighted by molar-refractivity contribution is 14.1. The molecule has 3 aromatic rings. The molecule has 0 saturated carbocycles. The Hall–Kier alpha value is -2.38. The quantitative estimate of drug-likeness (QED) is 0.179. The summed E-state index contributed by atoms with van der Waals surface area (Å²) >= 11 is 4.44. The number of hydrogen-bond acceptors (Lipinski definition) is 3. The van der Waals surface area contributed by atoms with E-state index < -0.39 is 5.91 Å². The largest absolute Gasteiger partial charge is 0.487 e. The number of amides is 1. The molecule has 0 spiro atoms. The van der Waals surface area contributed by atoms with Gasteiger partial charge in [-0.05, 0) is 112 Å². The number of nitriles is 1. The van der Waals surface area contributed by atoms with E-state index in [0.29, 0.717) is 12.3 Å². The molecule has 0 aromatic heterocycles. The van der Waals surface area contributed by atoms with Crippen LogP contribution in [0.3, 0.4) is 0 Å². The number of hydrogen-bond donors (Lipinski definition) is 1. The van der Waals surface area contributed by atoms with Gasteiger partial charge in [-0.25, -0.2) is 0 Å². The fourth-order valence-corrected chi connectivity index (χ4v) is 5.28. The van der Waals surface area contributed by atoms with Crippen LogP contribution < -0.4 is 10.1 Å². The molecule has 3 aromatic carbocycles. The molecule has 1 amide bonds. The van der Waals surface area contributed by atoms with Gasteiger partial charge in [0.05, 0.1) is 7.14 Å². The number of benzene rings is 3. The molecule has 0 unspecified atom stereocenters. The maximum Gasteiger partial charge on any atom is 0.266 e. The second-order valence-electron chi connectivity index (χ2n) is 7.46. The molecular weight excluding hydrogens is 626 g/mol. The zero-order valence-corrected chi connectivity index (χ0v) is 22.3. The van der Waals surface area contributed by atoms with Crippen LogP contribution in [0.1, 0.15) is 27.8 Å². The van der Waals surface area contributed by atoms with Gasteiger partial charge in [-0.3, -0.25) is 4.79 Å². The van der Waals surface area contributed by atoms with E-state index in [4.69, 9.17) is 4.74 Å². The molecule has 0 atom stereocenters. The van der Waals surface area contributed by atoms with Crippen LogP contribution in [0.4, 0.5) is 5.69 Å². The third-order valence-corrected chi connectivity index (χ3v) is 6.62. The molecule has 0 aliphatic rings. The van der Waals surface area contributed by atoms with Crippen molar-refractivity contribution >= 4 is 62.9 Å². The molecule has 6 heteroatoms. The summed E-state index contributed by atoms with van der Waals surface area (Å²) in [6.07, 6.45) is 1.61. The van der Waals surface area contributed by atoms with Crippen molar-refractivity contribution in [1.29, 1.82) is 5.26 Å². The predicted molar refractivity (Wildman–Crippen MR) is 146 cm³/mol. The van der Waals surface area contributed by atoms with Crippen LogP contribution in [0.15, 0.2) is 60.2 Å². The lowest BCUT2D eigenvalue weighted by Crippen LogP contribution is -2.14. The average molecular weight is 648 g/mol. The Morgan fingerprint density at radius 2 is 1.75 bits per heavy atom. The summed E-state index contributed by atoms with van der Waals surface area (Å²) in [5, 5.41) is 12.4. The van der Waals surface area contributed by atoms with E-state index in [2.05, 4.69) is 69.6 Å². The van der Waals surface area contributed by atoms with Crippen LogP contribution in [-0.4, -0.2) is 5.91 Å². The van der Waals surface area contributed by atoms with Crippen LogP contribution in [0.5, 0.6) is 5.75 Å². The van der Waals surface area contributed by atoms with Crippen LogP contribution in [-0.2, 0) is 11.4 Å². The topological polar surface area (TPSA) is 62.1 Å². The fraction of sp³-hybridized carbons (Fsp3) is 0.154. The lowest BCUT2D eigenvalue weighted by atomic mass is 10.1. The van der Waals surface area contributed by atoms with E-state index in [-0.39, 0.29) is 5.57 Å². The summed E-state index contributed by atoms with van der Waals surface area (Å²) in [5.41, 5.74) is 5.89. The number of anilines is 1. The summed E-state index contributed by atoms with van der Waals surface area (Å²) in [6, 6.07) is 19.8. The minimum Gasteiger partial charge on any atom is -0.487 e. The lowest BCUT2D eigenvalue weighted by molar-refractivity contribution is -0.112. The van der Waals surface area contributed by atoms with Gasteiger partial charge in [0.2, 0.25) is 0 Å². The Morgan fingerprint density at radius 3 is 2.41 bits per heavy atom. The molecule has 0 bridgehead atoms. The summed E-state index contributed by atoms with van der Waals surface area (Å²) in [7, 11) is 0. The lowest BCUT2D eigenvalue weighted by Gasteiger charge is -2.12. The van der Waals surface area contributed by atoms with Crippen LogP contribution in [0, 0.1) is 39.2 Å². The van der Waals surface area contributed by atoms with Crippen molar-refractivity contribution in [3.05, 3.63) is 95.1 Å². The number of ether oxygens (including phenoxy) is 1. The van der Waals surface area contributed by atoms with Crippen molar-refractivity contribution in [1.82, 2.24) is 0 Å². The summed E-state index contributed by atoms with van der Waals surface area (Å²) in [5.74, 6) is 0.370. The number of carbonyl (C=O) groups is 1. The van der Waals surface area contributed by atoms with Crippen molar-refractivity contribution < 1.29 is 9.53 Å². The van der Waals surface area contributed by atoms with Gasteiger partial charge in [-0.1, -0.05) is 42.0 Å². The molecule has 3 rings (SSSR count). The smallest absolute Gasteiger partial charge is 0.266 e. The molecule has 0 radical (unpaired) electrons. The second kappa shape index (κ2) is 11.0. The van der Waals surface area contributed by atoms with Gasteiger partial charge < -0.3 is 10.1 Å². The van der Waals surface area contributed by atoms with E-state index in [1.165, 1.54) is 5.56 Å². The molecule has 32 heavy (non-hydrogen) atoms. The van der Waals surface area contributed by atoms with E-state index in [1.807, 2.05) is 62.4 Å². The molecule has 0 aliphatic carbocycles. The molecule has 0 saturated heterocycles. The Balaban J connectivity index is 1.79. The van der Waals surface area contributed by atoms with Crippen molar-refractivity contribution in [2.24, 2.45) is 0 Å². The van der Waals surface area contributed by atoms with Gasteiger partial charge in [0.1, 0.15) is 24.0 Å². The number of nitrogens with one attached hydrogen (secondary N) is 1. The normalized spacial score (nSPS) is 11.1. The first kappa shape index (κ1) is 24.3. The third kappa shape index (κ3) is 6.11. The molecular formula is C26H22I2N2O2. The van der Waals surface area contributed by atoms with Gasteiger partial charge in [0.25, 0.3) is 5.91 Å². The van der Waals surface area contributed by atoms with Gasteiger partial charge >= 0.3 is 0 Å². The highest BCUT2D eigenvalue weighted by Gasteiger charge is 2.14. The highest BCUT2D eigenvalue weighted by atomic mass is 127. The molecule has 1 N–H and O–H groups in total. The summed E-state index contributed by atoms with van der Waals surface area (Å²) in [4.78, 5) is 12.7. The predicted octanol–water partition coefficient (Wildman–Crippen LogP) is 6.95. The van der Waals surface area contributed by atoms with Crippen LogP contribution in [0.25, 0.3) is 6.08 Å². The monoisotopic (exact) mass is 648 g/mol. The maximum absolute atomic E-state index is 12.7. The van der Waals surface area contributed by atoms with Crippen molar-refractivity contribution in [3.8, 4) is 11.8 Å². The molecule has 4 nitrogen and oxygen atoms in total. The summed E-state index contributed by atoms with van der Waals surface area (Å²) < 4.78 is 7.90. The third-order valence-electron chi connectivity index (χ3n) is 5.02. The van der Waals surface area contributed by atoms with E-state index >= 15 is 0 Å². The molecule has 0 fully saturated rings. The second-order valence-corrected chi connectivity index (χ2v) is 9.79. The Morgan fingerprint density at radius 1 is 1.06 bits per heavy atom. The first-order valence-electron chi connectivity index (χ1n) is 9.95. The highest BCUT2D eigenvalue weighted by Crippen LogP contribution is 2.31. The molecule has 0 aliphatic heterocycles. The number of halogens is 2. The standard InChI is InChI=1S/C26H22I2N2O2/c1-16-6-4-8-19(10-16)15-32-25-22(27)12-20(13-23(25)28)11-21(14-29)26(31)30-24-9-5-7-17(2)18(24)3/h4-13H,15H2,1-3H3,(H,30,31)/b21-11+. The fourth-order valence-electron chi connectivity index (χ4n) is 3.15. The van der Waals surface area contributed by atoms with Crippen LogP contribution >= 0.6 is 45.2 Å². The van der Waals surface area contributed by atoms with Gasteiger partial charge in [-0.15, -0.1) is 0 Å². The minimum atomic E-state index is -0.425. The maximum atomic E-state index is 12.7. The van der Waals surface area contributed by atoms with Crippen LogP contribution in [0.2, 0.25) is 0 Å². The Bertz CT molecular complexity index is 1220. The van der Waals surface area contributed by atoms with Gasteiger partial charge in [-0.2, -0.15) is 5.26 Å². The van der Waals surface area contributed by atoms with Crippen molar-refractivity contribution in [3.63, 3.8) is 0 Å². The number of carbonyl (C=O) groups excluding carboxylic acids is 1. The zero-order chi connectivity index (χ0) is 23.3. The van der Waals surface area contributed by atoms with E-state index in [1.54, 1.807) is 6.08 Å². The van der Waals surface area contributed by atoms with Gasteiger partial charge in [0, 0.05) is 5.69 Å². The zero-order valence-electron chi connectivity index (χ0n) is 18.0. The summed E-state index contributed by atoms with van der Waals surface area (Å²) in [6.45, 7) is 6.46.